The van der Waals surface area contributed by atoms with Gasteiger partial charge in [0.1, 0.15) is 0 Å². The fraction of sp³-hybridized carbons (Fsp3) is 0.308. The maximum atomic E-state index is 4.56. The van der Waals surface area contributed by atoms with Crippen molar-refractivity contribution in [3.05, 3.63) is 45.3 Å². The van der Waals surface area contributed by atoms with Crippen molar-refractivity contribution in [1.29, 1.82) is 0 Å². The lowest BCUT2D eigenvalue weighted by molar-refractivity contribution is 0.768. The van der Waals surface area contributed by atoms with E-state index in [1.54, 1.807) is 0 Å². The van der Waals surface area contributed by atoms with Gasteiger partial charge in [0.25, 0.3) is 0 Å². The molecule has 0 N–H and O–H groups in total. The number of aromatic nitrogens is 2. The number of halogens is 1. The van der Waals surface area contributed by atoms with Crippen LogP contribution in [0.1, 0.15) is 31.0 Å². The molecule has 0 saturated carbocycles. The Bertz CT molecular complexity index is 500. The van der Waals surface area contributed by atoms with Crippen molar-refractivity contribution in [2.24, 2.45) is 0 Å². The van der Waals surface area contributed by atoms with Gasteiger partial charge in [-0.05, 0) is 65.3 Å². The third-order valence-electron chi connectivity index (χ3n) is 2.61. The van der Waals surface area contributed by atoms with Crippen LogP contribution in [0.25, 0.3) is 5.69 Å². The molecule has 0 amide bonds. The smallest absolute Gasteiger partial charge is 0.0654 e. The second-order valence-corrected chi connectivity index (χ2v) is 5.44. The summed E-state index contributed by atoms with van der Waals surface area (Å²) in [5.74, 6) is 0.478. The predicted molar refractivity (Wildman–Crippen MR) is 75.1 cm³/mol. The molecule has 0 unspecified atom stereocenters. The molecule has 0 spiro atoms. The topological polar surface area (TPSA) is 17.8 Å². The highest BCUT2D eigenvalue weighted by Crippen LogP contribution is 2.18. The lowest BCUT2D eigenvalue weighted by Crippen LogP contribution is -1.98. The molecule has 3 heteroatoms. The van der Waals surface area contributed by atoms with Gasteiger partial charge < -0.3 is 0 Å². The van der Waals surface area contributed by atoms with Crippen LogP contribution in [-0.4, -0.2) is 9.78 Å². The summed E-state index contributed by atoms with van der Waals surface area (Å²) >= 11 is 2.35. The fourth-order valence-corrected chi connectivity index (χ4v) is 1.90. The minimum absolute atomic E-state index is 0.478. The molecule has 0 aliphatic carbocycles. The molecule has 1 aromatic carbocycles. The van der Waals surface area contributed by atoms with E-state index >= 15 is 0 Å². The van der Waals surface area contributed by atoms with E-state index in [0.717, 1.165) is 11.4 Å². The van der Waals surface area contributed by atoms with Gasteiger partial charge in [-0.25, -0.2) is 4.68 Å². The molecule has 2 rings (SSSR count). The molecule has 1 aromatic heterocycles. The van der Waals surface area contributed by atoms with Gasteiger partial charge in [-0.3, -0.25) is 0 Å². The van der Waals surface area contributed by atoms with Gasteiger partial charge in [-0.1, -0.05) is 13.8 Å². The summed E-state index contributed by atoms with van der Waals surface area (Å²) < 4.78 is 3.23. The van der Waals surface area contributed by atoms with Crippen LogP contribution in [0.2, 0.25) is 0 Å². The van der Waals surface area contributed by atoms with E-state index in [-0.39, 0.29) is 0 Å². The zero-order valence-corrected chi connectivity index (χ0v) is 11.9. The zero-order chi connectivity index (χ0) is 11.7. The molecule has 2 nitrogen and oxygen atoms in total. The van der Waals surface area contributed by atoms with Gasteiger partial charge in [0, 0.05) is 9.77 Å². The van der Waals surface area contributed by atoms with Gasteiger partial charge in [-0.2, -0.15) is 5.10 Å². The second kappa shape index (κ2) is 4.57. The SMILES string of the molecule is Cc1cc(-n2ccc(C(C)C)n2)ccc1I. The minimum atomic E-state index is 0.478. The van der Waals surface area contributed by atoms with E-state index < -0.39 is 0 Å². The van der Waals surface area contributed by atoms with Crippen LogP contribution in [0.3, 0.4) is 0 Å². The number of hydrogen-bond acceptors (Lipinski definition) is 1. The van der Waals surface area contributed by atoms with Gasteiger partial charge in [0.05, 0.1) is 11.4 Å². The van der Waals surface area contributed by atoms with Gasteiger partial charge >= 0.3 is 0 Å². The normalized spacial score (nSPS) is 11.1. The molecule has 0 radical (unpaired) electrons. The average Bonchev–Trinajstić information content (AvgIpc) is 2.71. The second-order valence-electron chi connectivity index (χ2n) is 4.27. The molecular weight excluding hydrogens is 311 g/mol. The Balaban J connectivity index is 2.39. The highest BCUT2D eigenvalue weighted by Gasteiger charge is 2.05. The van der Waals surface area contributed by atoms with Gasteiger partial charge in [-0.15, -0.1) is 0 Å². The molecule has 0 fully saturated rings. The first-order valence-corrected chi connectivity index (χ1v) is 6.48. The van der Waals surface area contributed by atoms with Crippen molar-refractivity contribution >= 4 is 22.6 Å². The van der Waals surface area contributed by atoms with Crippen molar-refractivity contribution in [3.63, 3.8) is 0 Å². The molecule has 2 aromatic rings. The minimum Gasteiger partial charge on any atom is -0.241 e. The monoisotopic (exact) mass is 326 g/mol. The van der Waals surface area contributed by atoms with Crippen LogP contribution in [0, 0.1) is 10.5 Å². The Morgan fingerprint density at radius 1 is 1.25 bits per heavy atom. The Hall–Kier alpha value is -0.840. The first kappa shape index (κ1) is 11.6. The number of rotatable bonds is 2. The van der Waals surface area contributed by atoms with Crippen LogP contribution < -0.4 is 0 Å². The van der Waals surface area contributed by atoms with E-state index in [1.165, 1.54) is 9.13 Å². The molecule has 16 heavy (non-hydrogen) atoms. The van der Waals surface area contributed by atoms with E-state index in [4.69, 9.17) is 0 Å². The van der Waals surface area contributed by atoms with Crippen molar-refractivity contribution in [3.8, 4) is 5.69 Å². The third kappa shape index (κ3) is 2.29. The van der Waals surface area contributed by atoms with Crippen LogP contribution in [0.15, 0.2) is 30.5 Å². The molecule has 0 aliphatic rings. The maximum absolute atomic E-state index is 4.56. The quantitative estimate of drug-likeness (QED) is 0.765. The van der Waals surface area contributed by atoms with Crippen LogP contribution in [-0.2, 0) is 0 Å². The van der Waals surface area contributed by atoms with E-state index in [0.29, 0.717) is 5.92 Å². The summed E-state index contributed by atoms with van der Waals surface area (Å²) in [6.07, 6.45) is 2.02. The van der Waals surface area contributed by atoms with Crippen LogP contribution in [0.4, 0.5) is 0 Å². The summed E-state index contributed by atoms with van der Waals surface area (Å²) in [6, 6.07) is 8.48. The number of aryl methyl sites for hydroxylation is 1. The largest absolute Gasteiger partial charge is 0.241 e. The third-order valence-corrected chi connectivity index (χ3v) is 3.82. The summed E-state index contributed by atoms with van der Waals surface area (Å²) in [5, 5.41) is 4.56. The summed E-state index contributed by atoms with van der Waals surface area (Å²) in [4.78, 5) is 0. The van der Waals surface area contributed by atoms with Crippen molar-refractivity contribution < 1.29 is 0 Å². The molecule has 0 aliphatic heterocycles. The summed E-state index contributed by atoms with van der Waals surface area (Å²) in [5.41, 5.74) is 3.56. The van der Waals surface area contributed by atoms with E-state index in [9.17, 15) is 0 Å². The number of hydrogen-bond donors (Lipinski definition) is 0. The standard InChI is InChI=1S/C13H15IN2/c1-9(2)13-6-7-16(15-13)11-4-5-12(14)10(3)8-11/h4-9H,1-3H3. The molecular formula is C13H15IN2. The lowest BCUT2D eigenvalue weighted by atomic mass is 10.1. The highest BCUT2D eigenvalue weighted by atomic mass is 127. The first-order valence-electron chi connectivity index (χ1n) is 5.40. The zero-order valence-electron chi connectivity index (χ0n) is 9.74. The molecule has 0 saturated heterocycles. The predicted octanol–water partition coefficient (Wildman–Crippen LogP) is 3.91. The van der Waals surface area contributed by atoms with Gasteiger partial charge in [0.15, 0.2) is 0 Å². The van der Waals surface area contributed by atoms with Crippen molar-refractivity contribution in [1.82, 2.24) is 9.78 Å². The Labute approximate surface area is 110 Å². The number of benzene rings is 1. The lowest BCUT2D eigenvalue weighted by Gasteiger charge is -2.04. The maximum Gasteiger partial charge on any atom is 0.0654 e. The summed E-state index contributed by atoms with van der Waals surface area (Å²) in [6.45, 7) is 6.44. The van der Waals surface area contributed by atoms with E-state index in [1.807, 2.05) is 10.9 Å². The Kier molecular flexibility index (Phi) is 3.33. The Morgan fingerprint density at radius 3 is 2.56 bits per heavy atom. The molecule has 84 valence electrons. The molecule has 0 atom stereocenters. The average molecular weight is 326 g/mol. The van der Waals surface area contributed by atoms with Crippen LogP contribution in [0.5, 0.6) is 0 Å². The first-order chi connectivity index (χ1) is 7.58. The highest BCUT2D eigenvalue weighted by molar-refractivity contribution is 14.1. The van der Waals surface area contributed by atoms with E-state index in [2.05, 4.69) is 72.7 Å². The van der Waals surface area contributed by atoms with Gasteiger partial charge in [0.2, 0.25) is 0 Å². The Morgan fingerprint density at radius 2 is 2.00 bits per heavy atom. The van der Waals surface area contributed by atoms with Crippen molar-refractivity contribution in [2.75, 3.05) is 0 Å². The molecule has 0 bridgehead atoms. The molecule has 1 heterocycles. The van der Waals surface area contributed by atoms with Crippen LogP contribution >= 0.6 is 22.6 Å². The van der Waals surface area contributed by atoms with Crippen molar-refractivity contribution in [2.45, 2.75) is 26.7 Å². The fourth-order valence-electron chi connectivity index (χ4n) is 1.56. The number of nitrogens with zero attached hydrogens (tertiary/aromatic N) is 2. The summed E-state index contributed by atoms with van der Waals surface area (Å²) in [7, 11) is 0.